The molecule has 1 aromatic heterocycles. The summed E-state index contributed by atoms with van der Waals surface area (Å²) in [4.78, 5) is 13.6. The van der Waals surface area contributed by atoms with Gasteiger partial charge < -0.3 is 9.80 Å². The first-order valence-corrected chi connectivity index (χ1v) is 8.01. The first-order valence-electron chi connectivity index (χ1n) is 6.79. The first kappa shape index (κ1) is 13.2. The molecule has 104 valence electrons. The van der Waals surface area contributed by atoms with E-state index in [1.54, 1.807) is 11.8 Å². The third-order valence-electron chi connectivity index (χ3n) is 3.53. The molecule has 0 unspecified atom stereocenters. The van der Waals surface area contributed by atoms with Crippen molar-refractivity contribution in [2.75, 3.05) is 42.2 Å². The van der Waals surface area contributed by atoms with Crippen LogP contribution in [-0.2, 0) is 0 Å². The maximum Gasteiger partial charge on any atom is 0.189 e. The van der Waals surface area contributed by atoms with E-state index in [-0.39, 0.29) is 0 Å². The van der Waals surface area contributed by atoms with E-state index in [1.165, 1.54) is 5.69 Å². The molecule has 1 aliphatic rings. The van der Waals surface area contributed by atoms with Crippen LogP contribution >= 0.6 is 11.8 Å². The van der Waals surface area contributed by atoms with Crippen molar-refractivity contribution < 1.29 is 0 Å². The summed E-state index contributed by atoms with van der Waals surface area (Å²) in [6, 6.07) is 12.6. The molecule has 1 aromatic carbocycles. The van der Waals surface area contributed by atoms with Crippen molar-refractivity contribution in [3.8, 4) is 0 Å². The molecule has 0 atom stereocenters. The minimum atomic E-state index is 0.841. The molecule has 5 heteroatoms. The highest BCUT2D eigenvalue weighted by molar-refractivity contribution is 7.98. The smallest absolute Gasteiger partial charge is 0.189 e. The quantitative estimate of drug-likeness (QED) is 0.639. The molecule has 0 saturated carbocycles. The second-order valence-corrected chi connectivity index (χ2v) is 5.48. The van der Waals surface area contributed by atoms with Crippen LogP contribution in [0.5, 0.6) is 0 Å². The van der Waals surface area contributed by atoms with Crippen LogP contribution in [0.4, 0.5) is 11.5 Å². The lowest BCUT2D eigenvalue weighted by Crippen LogP contribution is -2.46. The number of rotatable bonds is 3. The van der Waals surface area contributed by atoms with Crippen molar-refractivity contribution >= 4 is 23.3 Å². The van der Waals surface area contributed by atoms with Gasteiger partial charge in [0.05, 0.1) is 0 Å². The maximum atomic E-state index is 4.57. The molecule has 20 heavy (non-hydrogen) atoms. The van der Waals surface area contributed by atoms with E-state index in [4.69, 9.17) is 0 Å². The lowest BCUT2D eigenvalue weighted by molar-refractivity contribution is 0.643. The van der Waals surface area contributed by atoms with Gasteiger partial charge in [0.15, 0.2) is 5.16 Å². The fraction of sp³-hybridized carbons (Fsp3) is 0.333. The normalized spacial score (nSPS) is 15.4. The van der Waals surface area contributed by atoms with Crippen LogP contribution in [0.3, 0.4) is 0 Å². The monoisotopic (exact) mass is 286 g/mol. The van der Waals surface area contributed by atoms with Crippen molar-refractivity contribution in [2.24, 2.45) is 0 Å². The van der Waals surface area contributed by atoms with Crippen LogP contribution < -0.4 is 9.80 Å². The van der Waals surface area contributed by atoms with Gasteiger partial charge in [-0.05, 0) is 24.5 Å². The number of benzene rings is 1. The molecule has 2 aromatic rings. The van der Waals surface area contributed by atoms with Gasteiger partial charge in [-0.1, -0.05) is 30.0 Å². The van der Waals surface area contributed by atoms with E-state index in [1.807, 2.05) is 18.5 Å². The molecule has 1 saturated heterocycles. The van der Waals surface area contributed by atoms with Gasteiger partial charge in [0, 0.05) is 38.1 Å². The second-order valence-electron chi connectivity index (χ2n) is 4.71. The van der Waals surface area contributed by atoms with Crippen LogP contribution in [-0.4, -0.2) is 42.4 Å². The van der Waals surface area contributed by atoms with E-state index in [9.17, 15) is 0 Å². The Morgan fingerprint density at radius 2 is 1.65 bits per heavy atom. The van der Waals surface area contributed by atoms with E-state index in [0.29, 0.717) is 0 Å². The Bertz CT molecular complexity index is 553. The molecule has 3 rings (SSSR count). The van der Waals surface area contributed by atoms with Gasteiger partial charge in [-0.25, -0.2) is 9.97 Å². The Hall–Kier alpha value is -1.75. The maximum absolute atomic E-state index is 4.57. The second kappa shape index (κ2) is 6.13. The Labute approximate surface area is 123 Å². The van der Waals surface area contributed by atoms with Crippen LogP contribution in [0, 0.1) is 0 Å². The van der Waals surface area contributed by atoms with Gasteiger partial charge in [-0.3, -0.25) is 0 Å². The highest BCUT2D eigenvalue weighted by Crippen LogP contribution is 2.20. The molecule has 4 nitrogen and oxygen atoms in total. The molecule has 1 fully saturated rings. The minimum Gasteiger partial charge on any atom is -0.368 e. The molecule has 0 amide bonds. The molecular formula is C15H18N4S. The Balaban J connectivity index is 1.66. The third-order valence-corrected chi connectivity index (χ3v) is 4.09. The fourth-order valence-electron chi connectivity index (χ4n) is 2.44. The standard InChI is InChI=1S/C15H18N4S/c1-20-15-16-8-7-14(17-15)19-11-9-18(10-12-19)13-5-3-2-4-6-13/h2-8H,9-12H2,1H3. The summed E-state index contributed by atoms with van der Waals surface area (Å²) in [7, 11) is 0. The van der Waals surface area contributed by atoms with Gasteiger partial charge in [-0.2, -0.15) is 0 Å². The van der Waals surface area contributed by atoms with E-state index in [0.717, 1.165) is 37.2 Å². The average Bonchev–Trinajstić information content (AvgIpc) is 2.56. The van der Waals surface area contributed by atoms with Gasteiger partial charge >= 0.3 is 0 Å². The Morgan fingerprint density at radius 1 is 0.950 bits per heavy atom. The summed E-state index contributed by atoms with van der Waals surface area (Å²) < 4.78 is 0. The van der Waals surface area contributed by atoms with Gasteiger partial charge in [0.25, 0.3) is 0 Å². The van der Waals surface area contributed by atoms with Crippen molar-refractivity contribution in [3.63, 3.8) is 0 Å². The molecule has 0 aliphatic carbocycles. The first-order chi connectivity index (χ1) is 9.86. The topological polar surface area (TPSA) is 32.3 Å². The van der Waals surface area contributed by atoms with Crippen molar-refractivity contribution in [1.82, 2.24) is 9.97 Å². The average molecular weight is 286 g/mol. The molecule has 0 radical (unpaired) electrons. The van der Waals surface area contributed by atoms with Gasteiger partial charge in [-0.15, -0.1) is 0 Å². The number of para-hydroxylation sites is 1. The number of thioether (sulfide) groups is 1. The van der Waals surface area contributed by atoms with Gasteiger partial charge in [0.2, 0.25) is 0 Å². The minimum absolute atomic E-state index is 0.841. The van der Waals surface area contributed by atoms with E-state index >= 15 is 0 Å². The number of hydrogen-bond donors (Lipinski definition) is 0. The summed E-state index contributed by atoms with van der Waals surface area (Å²) in [5.74, 6) is 1.04. The summed E-state index contributed by atoms with van der Waals surface area (Å²) in [5, 5.41) is 0.841. The summed E-state index contributed by atoms with van der Waals surface area (Å²) in [6.07, 6.45) is 3.85. The highest BCUT2D eigenvalue weighted by atomic mass is 32.2. The fourth-order valence-corrected chi connectivity index (χ4v) is 2.79. The Morgan fingerprint density at radius 3 is 2.35 bits per heavy atom. The molecule has 0 N–H and O–H groups in total. The Kier molecular flexibility index (Phi) is 4.06. The van der Waals surface area contributed by atoms with Crippen molar-refractivity contribution in [1.29, 1.82) is 0 Å². The number of hydrogen-bond acceptors (Lipinski definition) is 5. The van der Waals surface area contributed by atoms with Gasteiger partial charge in [0.1, 0.15) is 5.82 Å². The molecule has 0 spiro atoms. The van der Waals surface area contributed by atoms with E-state index < -0.39 is 0 Å². The number of nitrogens with zero attached hydrogens (tertiary/aromatic N) is 4. The molecular weight excluding hydrogens is 268 g/mol. The number of aromatic nitrogens is 2. The SMILES string of the molecule is CSc1nccc(N2CCN(c3ccccc3)CC2)n1. The third kappa shape index (κ3) is 2.88. The molecule has 1 aliphatic heterocycles. The summed E-state index contributed by atoms with van der Waals surface area (Å²) >= 11 is 1.59. The molecule has 0 bridgehead atoms. The molecule has 2 heterocycles. The zero-order chi connectivity index (χ0) is 13.8. The lowest BCUT2D eigenvalue weighted by Gasteiger charge is -2.36. The number of anilines is 2. The predicted octanol–water partition coefficient (Wildman–Crippen LogP) is 2.53. The zero-order valence-corrected chi connectivity index (χ0v) is 12.4. The zero-order valence-electron chi connectivity index (χ0n) is 11.6. The van der Waals surface area contributed by atoms with E-state index in [2.05, 4.69) is 50.1 Å². The van der Waals surface area contributed by atoms with Crippen LogP contribution in [0.25, 0.3) is 0 Å². The highest BCUT2D eigenvalue weighted by Gasteiger charge is 2.18. The predicted molar refractivity (Wildman–Crippen MR) is 84.7 cm³/mol. The van der Waals surface area contributed by atoms with Crippen LogP contribution in [0.15, 0.2) is 47.8 Å². The summed E-state index contributed by atoms with van der Waals surface area (Å²) in [5.41, 5.74) is 1.31. The van der Waals surface area contributed by atoms with Crippen molar-refractivity contribution in [2.45, 2.75) is 5.16 Å². The van der Waals surface area contributed by atoms with Crippen molar-refractivity contribution in [3.05, 3.63) is 42.6 Å². The summed E-state index contributed by atoms with van der Waals surface area (Å²) in [6.45, 7) is 4.06. The lowest BCUT2D eigenvalue weighted by atomic mass is 10.2. The largest absolute Gasteiger partial charge is 0.368 e. The van der Waals surface area contributed by atoms with Crippen LogP contribution in [0.1, 0.15) is 0 Å². The number of piperazine rings is 1. The van der Waals surface area contributed by atoms with Crippen LogP contribution in [0.2, 0.25) is 0 Å².